The van der Waals surface area contributed by atoms with Crippen LogP contribution in [0, 0.1) is 5.92 Å². The predicted octanol–water partition coefficient (Wildman–Crippen LogP) is 3.84. The van der Waals surface area contributed by atoms with Crippen molar-refractivity contribution in [2.24, 2.45) is 5.92 Å². The standard InChI is InChI=1S/C20H28N2O2/c1-13(2)24-11-5-10-21-20(23)16-7-4-6-15-17-12-14(3)8-9-18(17)22-19(15)16/h4,6-7,13-14,22H,5,8-12H2,1-3H3,(H,21,23). The van der Waals surface area contributed by atoms with Gasteiger partial charge in [-0.1, -0.05) is 19.1 Å². The number of ether oxygens (including phenoxy) is 1. The molecule has 2 aromatic rings. The van der Waals surface area contributed by atoms with Gasteiger partial charge in [0.2, 0.25) is 0 Å². The highest BCUT2D eigenvalue weighted by Gasteiger charge is 2.22. The maximum Gasteiger partial charge on any atom is 0.253 e. The molecular formula is C20H28N2O2. The fourth-order valence-corrected chi connectivity index (χ4v) is 3.49. The normalized spacial score (nSPS) is 17.2. The van der Waals surface area contributed by atoms with Gasteiger partial charge in [0.1, 0.15) is 0 Å². The van der Waals surface area contributed by atoms with Crippen molar-refractivity contribution in [2.45, 2.75) is 52.6 Å². The molecule has 0 radical (unpaired) electrons. The number of H-pyrrole nitrogens is 1. The summed E-state index contributed by atoms with van der Waals surface area (Å²) in [5.74, 6) is 0.715. The molecule has 4 nitrogen and oxygen atoms in total. The second-order valence-corrected chi connectivity index (χ2v) is 7.19. The van der Waals surface area contributed by atoms with E-state index in [0.717, 1.165) is 36.3 Å². The van der Waals surface area contributed by atoms with Crippen LogP contribution in [0.2, 0.25) is 0 Å². The molecule has 1 aliphatic rings. The molecule has 1 heterocycles. The lowest BCUT2D eigenvalue weighted by Gasteiger charge is -2.17. The number of aromatic amines is 1. The summed E-state index contributed by atoms with van der Waals surface area (Å²) < 4.78 is 5.51. The summed E-state index contributed by atoms with van der Waals surface area (Å²) in [6.07, 6.45) is 4.48. The monoisotopic (exact) mass is 328 g/mol. The van der Waals surface area contributed by atoms with Crippen LogP contribution in [0.4, 0.5) is 0 Å². The summed E-state index contributed by atoms with van der Waals surface area (Å²) in [7, 11) is 0. The second-order valence-electron chi connectivity index (χ2n) is 7.19. The van der Waals surface area contributed by atoms with Crippen LogP contribution >= 0.6 is 0 Å². The Balaban J connectivity index is 1.72. The topological polar surface area (TPSA) is 54.1 Å². The number of fused-ring (bicyclic) bond motifs is 3. The Morgan fingerprint density at radius 2 is 2.25 bits per heavy atom. The molecule has 0 bridgehead atoms. The van der Waals surface area contributed by atoms with Gasteiger partial charge in [0.15, 0.2) is 0 Å². The Morgan fingerprint density at radius 1 is 1.42 bits per heavy atom. The zero-order valence-corrected chi connectivity index (χ0v) is 14.9. The molecule has 24 heavy (non-hydrogen) atoms. The zero-order chi connectivity index (χ0) is 17.1. The molecule has 2 N–H and O–H groups in total. The summed E-state index contributed by atoms with van der Waals surface area (Å²) >= 11 is 0. The lowest BCUT2D eigenvalue weighted by atomic mass is 9.87. The number of para-hydroxylation sites is 1. The minimum absolute atomic E-state index is 0.00297. The smallest absolute Gasteiger partial charge is 0.253 e. The van der Waals surface area contributed by atoms with Gasteiger partial charge in [-0.25, -0.2) is 0 Å². The van der Waals surface area contributed by atoms with Gasteiger partial charge in [-0.2, -0.15) is 0 Å². The van der Waals surface area contributed by atoms with Gasteiger partial charge in [0, 0.05) is 24.2 Å². The molecule has 1 aromatic heterocycles. The molecule has 130 valence electrons. The zero-order valence-electron chi connectivity index (χ0n) is 14.9. The van der Waals surface area contributed by atoms with E-state index in [9.17, 15) is 4.79 Å². The van der Waals surface area contributed by atoms with Crippen molar-refractivity contribution >= 4 is 16.8 Å². The van der Waals surface area contributed by atoms with Crippen LogP contribution in [-0.2, 0) is 17.6 Å². The number of hydrogen-bond donors (Lipinski definition) is 2. The van der Waals surface area contributed by atoms with Crippen molar-refractivity contribution in [3.63, 3.8) is 0 Å². The van der Waals surface area contributed by atoms with Gasteiger partial charge in [0.25, 0.3) is 5.91 Å². The van der Waals surface area contributed by atoms with Crippen molar-refractivity contribution in [3.8, 4) is 0 Å². The lowest BCUT2D eigenvalue weighted by Crippen LogP contribution is -2.25. The molecule has 1 aromatic carbocycles. The van der Waals surface area contributed by atoms with Crippen molar-refractivity contribution in [1.29, 1.82) is 0 Å². The van der Waals surface area contributed by atoms with Gasteiger partial charge in [-0.05, 0) is 57.1 Å². The summed E-state index contributed by atoms with van der Waals surface area (Å²) in [6.45, 7) is 7.66. The van der Waals surface area contributed by atoms with Gasteiger partial charge >= 0.3 is 0 Å². The van der Waals surface area contributed by atoms with E-state index in [1.807, 2.05) is 26.0 Å². The van der Waals surface area contributed by atoms with Crippen LogP contribution in [0.3, 0.4) is 0 Å². The van der Waals surface area contributed by atoms with Gasteiger partial charge in [-0.15, -0.1) is 0 Å². The Labute approximate surface area is 144 Å². The van der Waals surface area contributed by atoms with Crippen molar-refractivity contribution in [1.82, 2.24) is 10.3 Å². The highest BCUT2D eigenvalue weighted by atomic mass is 16.5. The number of aryl methyl sites for hydroxylation is 1. The van der Waals surface area contributed by atoms with E-state index in [2.05, 4.69) is 23.3 Å². The molecule has 1 atom stereocenters. The molecule has 0 saturated carbocycles. The molecule has 1 aliphatic carbocycles. The van der Waals surface area contributed by atoms with Gasteiger partial charge < -0.3 is 15.0 Å². The molecule has 0 spiro atoms. The minimum Gasteiger partial charge on any atom is -0.379 e. The van der Waals surface area contributed by atoms with Crippen LogP contribution in [0.1, 0.15) is 55.2 Å². The van der Waals surface area contributed by atoms with E-state index >= 15 is 0 Å². The quantitative estimate of drug-likeness (QED) is 0.792. The SMILES string of the molecule is CC1CCc2[nH]c3c(C(=O)NCCCOC(C)C)cccc3c2C1. The lowest BCUT2D eigenvalue weighted by molar-refractivity contribution is 0.0757. The molecule has 1 unspecified atom stereocenters. The molecule has 0 saturated heterocycles. The number of amides is 1. The highest BCUT2D eigenvalue weighted by molar-refractivity contribution is 6.06. The largest absolute Gasteiger partial charge is 0.379 e. The van der Waals surface area contributed by atoms with Crippen LogP contribution in [0.5, 0.6) is 0 Å². The molecular weight excluding hydrogens is 300 g/mol. The number of hydrogen-bond acceptors (Lipinski definition) is 2. The third kappa shape index (κ3) is 3.64. The summed E-state index contributed by atoms with van der Waals surface area (Å²) in [4.78, 5) is 16.1. The van der Waals surface area contributed by atoms with E-state index in [-0.39, 0.29) is 12.0 Å². The minimum atomic E-state index is -0.00297. The first-order chi connectivity index (χ1) is 11.6. The molecule has 0 aliphatic heterocycles. The van der Waals surface area contributed by atoms with Crippen molar-refractivity contribution in [2.75, 3.05) is 13.2 Å². The van der Waals surface area contributed by atoms with E-state index < -0.39 is 0 Å². The number of carbonyl (C=O) groups is 1. The Kier molecular flexibility index (Phi) is 5.24. The van der Waals surface area contributed by atoms with E-state index in [1.54, 1.807) is 0 Å². The van der Waals surface area contributed by atoms with Crippen molar-refractivity contribution in [3.05, 3.63) is 35.0 Å². The third-order valence-electron chi connectivity index (χ3n) is 4.77. The number of rotatable bonds is 6. The summed E-state index contributed by atoms with van der Waals surface area (Å²) in [6, 6.07) is 6.04. The summed E-state index contributed by atoms with van der Waals surface area (Å²) in [5.41, 5.74) is 4.46. The first-order valence-corrected chi connectivity index (χ1v) is 9.08. The second kappa shape index (κ2) is 7.39. The summed E-state index contributed by atoms with van der Waals surface area (Å²) in [5, 5.41) is 4.23. The number of aromatic nitrogens is 1. The van der Waals surface area contributed by atoms with Gasteiger partial charge in [-0.3, -0.25) is 4.79 Å². The highest BCUT2D eigenvalue weighted by Crippen LogP contribution is 2.32. The first kappa shape index (κ1) is 17.0. The van der Waals surface area contributed by atoms with E-state index in [0.29, 0.717) is 13.2 Å². The Morgan fingerprint density at radius 3 is 3.04 bits per heavy atom. The average molecular weight is 328 g/mol. The first-order valence-electron chi connectivity index (χ1n) is 9.08. The fraction of sp³-hybridized carbons (Fsp3) is 0.550. The molecule has 1 amide bonds. The van der Waals surface area contributed by atoms with Crippen LogP contribution < -0.4 is 5.32 Å². The average Bonchev–Trinajstić information content (AvgIpc) is 2.92. The third-order valence-corrected chi connectivity index (χ3v) is 4.77. The maximum atomic E-state index is 12.6. The molecule has 0 fully saturated rings. The van der Waals surface area contributed by atoms with Crippen LogP contribution in [0.15, 0.2) is 18.2 Å². The Bertz CT molecular complexity index is 718. The van der Waals surface area contributed by atoms with Crippen molar-refractivity contribution < 1.29 is 9.53 Å². The predicted molar refractivity (Wildman–Crippen MR) is 97.5 cm³/mol. The number of carbonyl (C=O) groups excluding carboxylic acids is 1. The van der Waals surface area contributed by atoms with Crippen LogP contribution in [0.25, 0.3) is 10.9 Å². The Hall–Kier alpha value is -1.81. The van der Waals surface area contributed by atoms with E-state index in [1.165, 1.54) is 23.1 Å². The van der Waals surface area contributed by atoms with Crippen LogP contribution in [-0.4, -0.2) is 30.1 Å². The van der Waals surface area contributed by atoms with Gasteiger partial charge in [0.05, 0.1) is 17.2 Å². The molecule has 4 heteroatoms. The molecule has 3 rings (SSSR count). The maximum absolute atomic E-state index is 12.6. The van der Waals surface area contributed by atoms with E-state index in [4.69, 9.17) is 4.74 Å². The number of benzene rings is 1. The number of nitrogens with one attached hydrogen (secondary N) is 2. The fourth-order valence-electron chi connectivity index (χ4n) is 3.49.